The van der Waals surface area contributed by atoms with Crippen LogP contribution in [0.3, 0.4) is 0 Å². The number of hydrogen-bond acceptors (Lipinski definition) is 0. The summed E-state index contributed by atoms with van der Waals surface area (Å²) >= 11 is 0. The van der Waals surface area contributed by atoms with E-state index in [4.69, 9.17) is 0 Å². The SMILES string of the molecule is CCCCC(CC)CCPC.Cc1c(F)c(F)c(F)c(C(F)(F)F)c1-c1c(F)c(F)c(F)c(F)c1F. The number of hydrogen-bond donors (Lipinski definition) is 0. The summed E-state index contributed by atoms with van der Waals surface area (Å²) in [6, 6.07) is 0. The van der Waals surface area contributed by atoms with Crippen LogP contribution in [0.2, 0.25) is 0 Å². The molecule has 0 aliphatic heterocycles. The average Bonchev–Trinajstić information content (AvgIpc) is 2.83. The number of unbranched alkanes of at least 4 members (excludes halogenated alkanes) is 1. The molecule has 0 saturated heterocycles. The standard InChI is InChI=1S/C14H3F11.C10H23P/c1-2-3(4-7(16)11(20)13(22)12(21)8(4)17)5(14(23,24)25)9(18)10(19)6(2)15;1-4-6-7-10(5-2)8-9-11-3/h1H3;10-11H,4-9H2,1-3H3. The molecular formula is C24H26F11P. The first-order valence-corrected chi connectivity index (χ1v) is 12.8. The molecule has 2 rings (SSSR count). The fraction of sp³-hybridized carbons (Fsp3) is 0.500. The van der Waals surface area contributed by atoms with Gasteiger partial charge in [-0.05, 0) is 37.7 Å². The van der Waals surface area contributed by atoms with Crippen molar-refractivity contribution in [1.82, 2.24) is 0 Å². The second kappa shape index (κ2) is 13.6. The highest BCUT2D eigenvalue weighted by Gasteiger charge is 2.43. The summed E-state index contributed by atoms with van der Waals surface area (Å²) < 4.78 is 146. The Balaban J connectivity index is 0.000000497. The smallest absolute Gasteiger partial charge is 0.203 e. The van der Waals surface area contributed by atoms with E-state index < -0.39 is 75.0 Å². The molecule has 0 nitrogen and oxygen atoms in total. The predicted molar refractivity (Wildman–Crippen MR) is 118 cm³/mol. The van der Waals surface area contributed by atoms with E-state index in [0.717, 1.165) is 14.5 Å². The van der Waals surface area contributed by atoms with Gasteiger partial charge in [-0.2, -0.15) is 13.2 Å². The minimum Gasteiger partial charge on any atom is -0.203 e. The van der Waals surface area contributed by atoms with E-state index in [-0.39, 0.29) is 0 Å². The van der Waals surface area contributed by atoms with Gasteiger partial charge in [-0.15, -0.1) is 8.58 Å². The van der Waals surface area contributed by atoms with Gasteiger partial charge in [0.05, 0.1) is 5.56 Å². The first-order chi connectivity index (χ1) is 16.7. The van der Waals surface area contributed by atoms with Crippen molar-refractivity contribution in [1.29, 1.82) is 0 Å². The molecule has 0 spiro atoms. The van der Waals surface area contributed by atoms with Crippen LogP contribution in [0.1, 0.15) is 57.1 Å². The maximum atomic E-state index is 13.8. The first-order valence-electron chi connectivity index (χ1n) is 11.1. The zero-order chi connectivity index (χ0) is 28.0. The maximum Gasteiger partial charge on any atom is 0.419 e. The zero-order valence-corrected chi connectivity index (χ0v) is 21.0. The van der Waals surface area contributed by atoms with Crippen molar-refractivity contribution in [3.63, 3.8) is 0 Å². The van der Waals surface area contributed by atoms with Crippen LogP contribution in [-0.4, -0.2) is 12.8 Å². The molecule has 12 heteroatoms. The Morgan fingerprint density at radius 2 is 1.14 bits per heavy atom. The molecule has 2 atom stereocenters. The third-order valence-electron chi connectivity index (χ3n) is 5.65. The van der Waals surface area contributed by atoms with Crippen molar-refractivity contribution in [2.24, 2.45) is 5.92 Å². The maximum absolute atomic E-state index is 13.8. The van der Waals surface area contributed by atoms with E-state index in [2.05, 4.69) is 20.5 Å². The fourth-order valence-electron chi connectivity index (χ4n) is 3.57. The van der Waals surface area contributed by atoms with Gasteiger partial charge in [-0.3, -0.25) is 0 Å². The van der Waals surface area contributed by atoms with Gasteiger partial charge in [0, 0.05) is 5.56 Å². The van der Waals surface area contributed by atoms with E-state index in [9.17, 15) is 48.3 Å². The Morgan fingerprint density at radius 3 is 1.56 bits per heavy atom. The van der Waals surface area contributed by atoms with Crippen molar-refractivity contribution in [2.75, 3.05) is 12.8 Å². The lowest BCUT2D eigenvalue weighted by Crippen LogP contribution is -2.17. The molecule has 0 saturated carbocycles. The van der Waals surface area contributed by atoms with Crippen LogP contribution in [0.25, 0.3) is 11.1 Å². The van der Waals surface area contributed by atoms with E-state index >= 15 is 0 Å². The van der Waals surface area contributed by atoms with E-state index in [1.807, 2.05) is 0 Å². The van der Waals surface area contributed by atoms with Gasteiger partial charge in [0.25, 0.3) is 0 Å². The Bertz CT molecular complexity index is 1010. The average molecular weight is 554 g/mol. The lowest BCUT2D eigenvalue weighted by molar-refractivity contribution is -0.139. The second-order valence-electron chi connectivity index (χ2n) is 8.07. The molecule has 2 unspecified atom stereocenters. The molecule has 36 heavy (non-hydrogen) atoms. The van der Waals surface area contributed by atoms with E-state index in [1.54, 1.807) is 0 Å². The molecule has 0 heterocycles. The van der Waals surface area contributed by atoms with E-state index in [1.165, 1.54) is 38.3 Å². The summed E-state index contributed by atoms with van der Waals surface area (Å²) in [7, 11) is 1.16. The topological polar surface area (TPSA) is 0 Å². The number of benzene rings is 2. The minimum absolute atomic E-state index is 0.362. The van der Waals surface area contributed by atoms with Gasteiger partial charge in [0.1, 0.15) is 5.56 Å². The summed E-state index contributed by atoms with van der Waals surface area (Å²) in [5.74, 6) is -20.2. The Kier molecular flexibility index (Phi) is 12.1. The minimum atomic E-state index is -5.83. The highest BCUT2D eigenvalue weighted by molar-refractivity contribution is 7.36. The normalized spacial score (nSPS) is 12.8. The molecular weight excluding hydrogens is 528 g/mol. The van der Waals surface area contributed by atoms with Gasteiger partial charge in [0.15, 0.2) is 40.7 Å². The molecule has 0 amide bonds. The Hall–Kier alpha value is -1.90. The quantitative estimate of drug-likeness (QED) is 0.132. The third-order valence-corrected chi connectivity index (χ3v) is 6.44. The molecule has 0 aliphatic carbocycles. The Labute approximate surface area is 204 Å². The van der Waals surface area contributed by atoms with Crippen molar-refractivity contribution < 1.29 is 48.3 Å². The van der Waals surface area contributed by atoms with Gasteiger partial charge >= 0.3 is 6.18 Å². The summed E-state index contributed by atoms with van der Waals surface area (Å²) in [5.41, 5.74) is -8.45. The largest absolute Gasteiger partial charge is 0.419 e. The zero-order valence-electron chi connectivity index (χ0n) is 20.0. The van der Waals surface area contributed by atoms with Gasteiger partial charge in [0.2, 0.25) is 5.82 Å². The predicted octanol–water partition coefficient (Wildman–Crippen LogP) is 9.69. The molecule has 0 N–H and O–H groups in total. The second-order valence-corrected chi connectivity index (χ2v) is 9.28. The molecule has 0 radical (unpaired) electrons. The fourth-order valence-corrected chi connectivity index (χ4v) is 4.27. The lowest BCUT2D eigenvalue weighted by Gasteiger charge is -2.19. The van der Waals surface area contributed by atoms with Gasteiger partial charge < -0.3 is 0 Å². The van der Waals surface area contributed by atoms with E-state index in [0.29, 0.717) is 6.92 Å². The highest BCUT2D eigenvalue weighted by atomic mass is 31.1. The first kappa shape index (κ1) is 32.1. The van der Waals surface area contributed by atoms with Crippen LogP contribution in [0.4, 0.5) is 48.3 Å². The summed E-state index contributed by atoms with van der Waals surface area (Å²) in [6.07, 6.45) is 2.77. The molecule has 2 aromatic rings. The molecule has 0 fully saturated rings. The number of rotatable bonds is 8. The number of alkyl halides is 3. The molecule has 0 bridgehead atoms. The molecule has 0 aliphatic rings. The van der Waals surface area contributed by atoms with Crippen molar-refractivity contribution in [3.8, 4) is 11.1 Å². The van der Waals surface area contributed by atoms with Crippen molar-refractivity contribution >= 4 is 8.58 Å². The highest BCUT2D eigenvalue weighted by Crippen LogP contribution is 2.45. The summed E-state index contributed by atoms with van der Waals surface area (Å²) in [6.45, 7) is 7.29. The van der Waals surface area contributed by atoms with Crippen molar-refractivity contribution in [2.45, 2.75) is 59.1 Å². The van der Waals surface area contributed by atoms with Crippen LogP contribution in [0.5, 0.6) is 0 Å². The van der Waals surface area contributed by atoms with Crippen LogP contribution >= 0.6 is 8.58 Å². The molecule has 204 valence electrons. The van der Waals surface area contributed by atoms with Crippen LogP contribution in [-0.2, 0) is 6.18 Å². The third kappa shape index (κ3) is 7.11. The summed E-state index contributed by atoms with van der Waals surface area (Å²) in [4.78, 5) is 0. The van der Waals surface area contributed by atoms with Crippen LogP contribution in [0.15, 0.2) is 0 Å². The Morgan fingerprint density at radius 1 is 0.667 bits per heavy atom. The molecule has 2 aromatic carbocycles. The van der Waals surface area contributed by atoms with Crippen molar-refractivity contribution in [3.05, 3.63) is 57.7 Å². The summed E-state index contributed by atoms with van der Waals surface area (Å²) in [5, 5.41) is 0. The van der Waals surface area contributed by atoms with Gasteiger partial charge in [-0.25, -0.2) is 35.1 Å². The van der Waals surface area contributed by atoms with Gasteiger partial charge in [-0.1, -0.05) is 39.5 Å². The number of halogens is 11. The van der Waals surface area contributed by atoms with Crippen LogP contribution < -0.4 is 0 Å². The lowest BCUT2D eigenvalue weighted by atomic mass is 9.92. The molecule has 0 aromatic heterocycles. The van der Waals surface area contributed by atoms with Crippen LogP contribution in [0, 0.1) is 59.4 Å². The monoisotopic (exact) mass is 554 g/mol.